The van der Waals surface area contributed by atoms with Gasteiger partial charge in [-0.1, -0.05) is 52.3 Å². The number of ketones is 1. The number of nitrogens with zero attached hydrogens (tertiary/aromatic N) is 2. The number of Topliss-reactive ketones (excluding diaryl/α,β-unsaturated/α-hetero) is 1. The van der Waals surface area contributed by atoms with Gasteiger partial charge in [-0.05, 0) is 41.8 Å². The highest BCUT2D eigenvalue weighted by molar-refractivity contribution is 9.10. The number of aryl methyl sites for hydroxylation is 2. The van der Waals surface area contributed by atoms with Crippen LogP contribution in [0.15, 0.2) is 70.1 Å². The summed E-state index contributed by atoms with van der Waals surface area (Å²) in [5.41, 5.74) is 3.07. The predicted molar refractivity (Wildman–Crippen MR) is 106 cm³/mol. The third kappa shape index (κ3) is 3.83. The number of benzene rings is 2. The molecule has 0 aliphatic carbocycles. The lowest BCUT2D eigenvalue weighted by Gasteiger charge is -2.19. The highest BCUT2D eigenvalue weighted by atomic mass is 79.9. The highest BCUT2D eigenvalue weighted by Gasteiger charge is 2.22. The maximum absolute atomic E-state index is 12.9. The predicted octanol–water partition coefficient (Wildman–Crippen LogP) is 4.26. The Morgan fingerprint density at radius 1 is 1.12 bits per heavy atom. The zero-order valence-electron chi connectivity index (χ0n) is 14.6. The maximum atomic E-state index is 12.9. The topological polar surface area (TPSA) is 52.0 Å². The molecule has 0 fully saturated rings. The molecule has 0 aliphatic rings. The Morgan fingerprint density at radius 2 is 1.81 bits per heavy atom. The van der Waals surface area contributed by atoms with Gasteiger partial charge >= 0.3 is 0 Å². The average molecular weight is 411 g/mol. The molecule has 0 spiro atoms. The molecule has 0 saturated heterocycles. The maximum Gasteiger partial charge on any atom is 0.277 e. The van der Waals surface area contributed by atoms with Crippen LogP contribution in [0.25, 0.3) is 0 Å². The molecule has 0 amide bonds. The van der Waals surface area contributed by atoms with Crippen LogP contribution in [0.2, 0.25) is 0 Å². The van der Waals surface area contributed by atoms with Crippen molar-refractivity contribution in [2.75, 3.05) is 0 Å². The lowest BCUT2D eigenvalue weighted by atomic mass is 9.84. The highest BCUT2D eigenvalue weighted by Crippen LogP contribution is 2.32. The fourth-order valence-corrected chi connectivity index (χ4v) is 3.36. The van der Waals surface area contributed by atoms with Crippen molar-refractivity contribution in [3.8, 4) is 0 Å². The van der Waals surface area contributed by atoms with E-state index in [1.807, 2.05) is 55.5 Å². The first kappa shape index (κ1) is 18.3. The normalized spacial score (nSPS) is 12.0. The molecule has 1 atom stereocenters. The van der Waals surface area contributed by atoms with E-state index in [1.54, 1.807) is 7.05 Å². The minimum absolute atomic E-state index is 0.116. The van der Waals surface area contributed by atoms with E-state index < -0.39 is 0 Å². The van der Waals surface area contributed by atoms with E-state index >= 15 is 0 Å². The van der Waals surface area contributed by atoms with Crippen molar-refractivity contribution in [3.05, 3.63) is 97.9 Å². The summed E-state index contributed by atoms with van der Waals surface area (Å²) < 4.78 is 2.18. The molecule has 4 nitrogen and oxygen atoms in total. The van der Waals surface area contributed by atoms with Crippen LogP contribution < -0.4 is 5.56 Å². The summed E-state index contributed by atoms with van der Waals surface area (Å²) in [5, 5.41) is 3.89. The Balaban J connectivity index is 2.02. The fraction of sp³-hybridized carbons (Fsp3) is 0.190. The number of hydrogen-bond donors (Lipinski definition) is 0. The molecule has 1 heterocycles. The summed E-state index contributed by atoms with van der Waals surface area (Å²) in [5.74, 6) is -0.293. The van der Waals surface area contributed by atoms with Gasteiger partial charge < -0.3 is 0 Å². The zero-order chi connectivity index (χ0) is 18.7. The molecule has 1 unspecified atom stereocenters. The molecule has 2 aromatic carbocycles. The number of hydrogen-bond acceptors (Lipinski definition) is 3. The molecule has 0 bridgehead atoms. The lowest BCUT2D eigenvalue weighted by Crippen LogP contribution is -2.26. The van der Waals surface area contributed by atoms with Crippen molar-refractivity contribution in [2.24, 2.45) is 7.05 Å². The largest absolute Gasteiger partial charge is 0.294 e. The van der Waals surface area contributed by atoms with Crippen LogP contribution in [-0.4, -0.2) is 15.6 Å². The van der Waals surface area contributed by atoms with Crippen LogP contribution in [0.1, 0.15) is 39.4 Å². The van der Waals surface area contributed by atoms with Crippen LogP contribution in [-0.2, 0) is 7.05 Å². The molecule has 3 rings (SSSR count). The molecular weight excluding hydrogens is 392 g/mol. The molecule has 0 aliphatic heterocycles. The number of carbonyl (C=O) groups is 1. The minimum atomic E-state index is -0.364. The Morgan fingerprint density at radius 3 is 2.50 bits per heavy atom. The van der Waals surface area contributed by atoms with E-state index in [0.29, 0.717) is 0 Å². The monoisotopic (exact) mass is 410 g/mol. The molecule has 0 radical (unpaired) electrons. The van der Waals surface area contributed by atoms with Gasteiger partial charge in [0, 0.05) is 30.1 Å². The van der Waals surface area contributed by atoms with E-state index in [-0.39, 0.29) is 29.2 Å². The second-order valence-corrected chi connectivity index (χ2v) is 7.18. The summed E-state index contributed by atoms with van der Waals surface area (Å²) >= 11 is 3.45. The first-order valence-corrected chi connectivity index (χ1v) is 9.13. The van der Waals surface area contributed by atoms with Gasteiger partial charge in [0.15, 0.2) is 5.78 Å². The van der Waals surface area contributed by atoms with Crippen molar-refractivity contribution in [3.63, 3.8) is 0 Å². The van der Waals surface area contributed by atoms with Crippen LogP contribution in [0.3, 0.4) is 0 Å². The third-order valence-corrected chi connectivity index (χ3v) is 5.06. The van der Waals surface area contributed by atoms with Crippen molar-refractivity contribution in [1.82, 2.24) is 9.78 Å². The lowest BCUT2D eigenvalue weighted by molar-refractivity contribution is 0.0975. The zero-order valence-corrected chi connectivity index (χ0v) is 16.2. The van der Waals surface area contributed by atoms with Gasteiger partial charge in [0.1, 0.15) is 0 Å². The van der Waals surface area contributed by atoms with Gasteiger partial charge in [-0.15, -0.1) is 0 Å². The van der Waals surface area contributed by atoms with Gasteiger partial charge in [0.05, 0.1) is 5.56 Å². The Labute approximate surface area is 160 Å². The van der Waals surface area contributed by atoms with E-state index in [9.17, 15) is 9.59 Å². The van der Waals surface area contributed by atoms with E-state index in [1.165, 1.54) is 16.9 Å². The smallest absolute Gasteiger partial charge is 0.277 e. The number of rotatable bonds is 5. The van der Waals surface area contributed by atoms with Crippen LogP contribution >= 0.6 is 15.9 Å². The second kappa shape index (κ2) is 7.79. The molecule has 0 saturated carbocycles. The molecule has 0 N–H and O–H groups in total. The van der Waals surface area contributed by atoms with Gasteiger partial charge in [-0.2, -0.15) is 5.10 Å². The Kier molecular flexibility index (Phi) is 5.47. The summed E-state index contributed by atoms with van der Waals surface area (Å²) in [6.45, 7) is 2.04. The van der Waals surface area contributed by atoms with Crippen molar-refractivity contribution in [1.29, 1.82) is 0 Å². The summed E-state index contributed by atoms with van der Waals surface area (Å²) in [6.07, 6.45) is 1.71. The fourth-order valence-electron chi connectivity index (χ4n) is 3.09. The molecule has 132 valence electrons. The summed E-state index contributed by atoms with van der Waals surface area (Å²) in [4.78, 5) is 25.2. The Bertz CT molecular complexity index is 993. The average Bonchev–Trinajstić information content (AvgIpc) is 2.63. The second-order valence-electron chi connectivity index (χ2n) is 6.26. The number of halogens is 1. The summed E-state index contributed by atoms with van der Waals surface area (Å²) in [6, 6.07) is 17.5. The minimum Gasteiger partial charge on any atom is -0.294 e. The molecule has 5 heteroatoms. The third-order valence-electron chi connectivity index (χ3n) is 4.53. The van der Waals surface area contributed by atoms with Gasteiger partial charge in [-0.3, -0.25) is 9.59 Å². The molecule has 3 aromatic rings. The van der Waals surface area contributed by atoms with Crippen LogP contribution in [0, 0.1) is 6.92 Å². The SMILES string of the molecule is Cc1ccccc1C(CC(=O)c1ccnn(C)c1=O)c1ccc(Br)cc1. The number of carbonyl (C=O) groups excluding carboxylic acids is 1. The molecular formula is C21H19BrN2O2. The first-order valence-electron chi connectivity index (χ1n) is 8.34. The van der Waals surface area contributed by atoms with Gasteiger partial charge in [0.2, 0.25) is 0 Å². The number of aromatic nitrogens is 2. The van der Waals surface area contributed by atoms with E-state index in [0.717, 1.165) is 21.2 Å². The Hall–Kier alpha value is -2.53. The summed E-state index contributed by atoms with van der Waals surface area (Å²) in [7, 11) is 1.55. The van der Waals surface area contributed by atoms with Gasteiger partial charge in [0.25, 0.3) is 5.56 Å². The molecule has 1 aromatic heterocycles. The van der Waals surface area contributed by atoms with E-state index in [2.05, 4.69) is 21.0 Å². The van der Waals surface area contributed by atoms with E-state index in [4.69, 9.17) is 0 Å². The standard InChI is InChI=1S/C21H19BrN2O2/c1-14-5-3-4-6-17(14)19(15-7-9-16(22)10-8-15)13-20(25)18-11-12-23-24(2)21(18)26/h3-12,19H,13H2,1-2H3. The first-order chi connectivity index (χ1) is 12.5. The van der Waals surface area contributed by atoms with Gasteiger partial charge in [-0.25, -0.2) is 4.68 Å². The van der Waals surface area contributed by atoms with Crippen LogP contribution in [0.4, 0.5) is 0 Å². The van der Waals surface area contributed by atoms with Crippen molar-refractivity contribution < 1.29 is 4.79 Å². The molecule has 26 heavy (non-hydrogen) atoms. The quantitative estimate of drug-likeness (QED) is 0.590. The van der Waals surface area contributed by atoms with Crippen molar-refractivity contribution >= 4 is 21.7 Å². The van der Waals surface area contributed by atoms with Crippen LogP contribution in [0.5, 0.6) is 0 Å². The van der Waals surface area contributed by atoms with Crippen molar-refractivity contribution in [2.45, 2.75) is 19.3 Å².